The van der Waals surface area contributed by atoms with Crippen molar-refractivity contribution in [3.05, 3.63) is 11.6 Å². The first-order valence-corrected chi connectivity index (χ1v) is 4.89. The molecule has 4 nitrogen and oxygen atoms in total. The molecule has 14 heavy (non-hydrogen) atoms. The van der Waals surface area contributed by atoms with Gasteiger partial charge in [0.1, 0.15) is 0 Å². The first-order chi connectivity index (χ1) is 6.63. The van der Waals surface area contributed by atoms with Crippen LogP contribution < -0.4 is 0 Å². The average Bonchev–Trinajstić information content (AvgIpc) is 2.18. The van der Waals surface area contributed by atoms with Crippen molar-refractivity contribution < 1.29 is 15.0 Å². The Labute approximate surface area is 83.8 Å². The molecule has 1 saturated heterocycles. The monoisotopic (exact) mass is 199 g/mol. The minimum absolute atomic E-state index is 0.0964. The van der Waals surface area contributed by atoms with Crippen LogP contribution in [0.2, 0.25) is 0 Å². The number of amides is 1. The number of hydrogen-bond donors (Lipinski definition) is 2. The van der Waals surface area contributed by atoms with Gasteiger partial charge < -0.3 is 15.1 Å². The van der Waals surface area contributed by atoms with Crippen LogP contribution >= 0.6 is 0 Å². The molecule has 2 N–H and O–H groups in total. The van der Waals surface area contributed by atoms with E-state index in [1.54, 1.807) is 0 Å². The number of nitrogens with zero attached hydrogens (tertiary/aromatic N) is 1. The van der Waals surface area contributed by atoms with Crippen molar-refractivity contribution in [2.75, 3.05) is 19.7 Å². The molecule has 0 spiro atoms. The van der Waals surface area contributed by atoms with Gasteiger partial charge in [-0.3, -0.25) is 0 Å². The maximum atomic E-state index is 10.6. The number of hydrogen-bond acceptors (Lipinski definition) is 2. The third-order valence-corrected chi connectivity index (χ3v) is 2.58. The maximum Gasteiger partial charge on any atom is 0.407 e. The van der Waals surface area contributed by atoms with Crippen LogP contribution in [0.25, 0.3) is 0 Å². The summed E-state index contributed by atoms with van der Waals surface area (Å²) >= 11 is 0. The van der Waals surface area contributed by atoms with Gasteiger partial charge in [0.15, 0.2) is 0 Å². The van der Waals surface area contributed by atoms with Crippen molar-refractivity contribution in [3.8, 4) is 0 Å². The van der Waals surface area contributed by atoms with Crippen LogP contribution in [0.1, 0.15) is 19.8 Å². The fourth-order valence-electron chi connectivity index (χ4n) is 1.71. The van der Waals surface area contributed by atoms with Crippen LogP contribution in [0.15, 0.2) is 11.6 Å². The topological polar surface area (TPSA) is 60.8 Å². The van der Waals surface area contributed by atoms with Crippen molar-refractivity contribution in [2.45, 2.75) is 19.8 Å². The van der Waals surface area contributed by atoms with Crippen molar-refractivity contribution in [2.24, 2.45) is 5.92 Å². The Morgan fingerprint density at radius 2 is 2.07 bits per heavy atom. The smallest absolute Gasteiger partial charge is 0.407 e. The maximum absolute atomic E-state index is 10.6. The van der Waals surface area contributed by atoms with Crippen molar-refractivity contribution >= 4 is 6.09 Å². The number of piperidine rings is 1. The summed E-state index contributed by atoms with van der Waals surface area (Å²) in [6, 6.07) is 0. The normalized spacial score (nSPS) is 19.9. The van der Waals surface area contributed by atoms with Gasteiger partial charge >= 0.3 is 6.09 Å². The molecule has 1 amide bonds. The standard InChI is InChI=1S/C10H17NO3/c1-8(7-12)6-9-2-4-11(5-3-9)10(13)14/h6,9,12H,2-5,7H2,1H3,(H,13,14). The second kappa shape index (κ2) is 5.00. The number of aliphatic hydroxyl groups is 1. The average molecular weight is 199 g/mol. The quantitative estimate of drug-likeness (QED) is 0.659. The lowest BCUT2D eigenvalue weighted by molar-refractivity contribution is 0.129. The molecule has 1 rings (SSSR count). The molecule has 0 aromatic heterocycles. The Morgan fingerprint density at radius 3 is 2.50 bits per heavy atom. The highest BCUT2D eigenvalue weighted by Gasteiger charge is 2.20. The number of carbonyl (C=O) groups is 1. The Bertz CT molecular complexity index is 230. The van der Waals surface area contributed by atoms with Gasteiger partial charge in [-0.05, 0) is 25.7 Å². The first kappa shape index (κ1) is 11.0. The summed E-state index contributed by atoms with van der Waals surface area (Å²) in [5, 5.41) is 17.6. The third-order valence-electron chi connectivity index (χ3n) is 2.58. The molecule has 1 fully saturated rings. The molecule has 0 aromatic carbocycles. The summed E-state index contributed by atoms with van der Waals surface area (Å²) in [4.78, 5) is 12.1. The molecule has 0 saturated carbocycles. The Kier molecular flexibility index (Phi) is 3.95. The summed E-state index contributed by atoms with van der Waals surface area (Å²) in [5.41, 5.74) is 0.971. The number of allylic oxidation sites excluding steroid dienone is 1. The summed E-state index contributed by atoms with van der Waals surface area (Å²) in [7, 11) is 0. The summed E-state index contributed by atoms with van der Waals surface area (Å²) < 4.78 is 0. The lowest BCUT2D eigenvalue weighted by Gasteiger charge is -2.28. The molecule has 0 radical (unpaired) electrons. The van der Waals surface area contributed by atoms with Crippen LogP contribution in [-0.4, -0.2) is 40.9 Å². The highest BCUT2D eigenvalue weighted by Crippen LogP contribution is 2.19. The minimum Gasteiger partial charge on any atom is -0.465 e. The molecular formula is C10H17NO3. The largest absolute Gasteiger partial charge is 0.465 e. The van der Waals surface area contributed by atoms with E-state index in [0.29, 0.717) is 19.0 Å². The van der Waals surface area contributed by atoms with Crippen molar-refractivity contribution in [3.63, 3.8) is 0 Å². The van der Waals surface area contributed by atoms with Crippen LogP contribution in [0.3, 0.4) is 0 Å². The predicted octanol–water partition coefficient (Wildman–Crippen LogP) is 1.31. The number of rotatable bonds is 2. The van der Waals surface area contributed by atoms with Gasteiger partial charge in [-0.25, -0.2) is 4.79 Å². The van der Waals surface area contributed by atoms with Gasteiger partial charge in [-0.2, -0.15) is 0 Å². The van der Waals surface area contributed by atoms with Crippen LogP contribution in [-0.2, 0) is 0 Å². The highest BCUT2D eigenvalue weighted by atomic mass is 16.4. The molecule has 1 aliphatic heterocycles. The van der Waals surface area contributed by atoms with Gasteiger partial charge in [0, 0.05) is 13.1 Å². The second-order valence-electron chi connectivity index (χ2n) is 3.78. The molecule has 0 aromatic rings. The van der Waals surface area contributed by atoms with E-state index < -0.39 is 6.09 Å². The van der Waals surface area contributed by atoms with E-state index in [1.807, 2.05) is 6.92 Å². The first-order valence-electron chi connectivity index (χ1n) is 4.89. The number of aliphatic hydroxyl groups excluding tert-OH is 1. The molecule has 0 bridgehead atoms. The summed E-state index contributed by atoms with van der Waals surface area (Å²) in [5.74, 6) is 0.428. The van der Waals surface area contributed by atoms with Gasteiger partial charge in [0.25, 0.3) is 0 Å². The van der Waals surface area contributed by atoms with Gasteiger partial charge in [0.2, 0.25) is 0 Å². The van der Waals surface area contributed by atoms with Crippen molar-refractivity contribution in [1.29, 1.82) is 0 Å². The Hall–Kier alpha value is -1.03. The molecule has 0 aliphatic carbocycles. The van der Waals surface area contributed by atoms with E-state index in [1.165, 1.54) is 4.90 Å². The molecular weight excluding hydrogens is 182 g/mol. The lowest BCUT2D eigenvalue weighted by atomic mass is 9.95. The number of likely N-dealkylation sites (tertiary alicyclic amines) is 1. The molecule has 0 unspecified atom stereocenters. The zero-order valence-electron chi connectivity index (χ0n) is 8.44. The molecule has 1 heterocycles. The van der Waals surface area contributed by atoms with Crippen molar-refractivity contribution in [1.82, 2.24) is 4.90 Å². The molecule has 1 aliphatic rings. The fourth-order valence-corrected chi connectivity index (χ4v) is 1.71. The van der Waals surface area contributed by atoms with E-state index in [0.717, 1.165) is 18.4 Å². The SMILES string of the molecule is CC(=CC1CCN(C(=O)O)CC1)CO. The zero-order chi connectivity index (χ0) is 10.6. The highest BCUT2D eigenvalue weighted by molar-refractivity contribution is 5.65. The summed E-state index contributed by atoms with van der Waals surface area (Å²) in [6.07, 6.45) is 2.96. The molecule has 4 heteroatoms. The Morgan fingerprint density at radius 1 is 1.50 bits per heavy atom. The molecule has 80 valence electrons. The Balaban J connectivity index is 2.39. The molecule has 0 atom stereocenters. The van der Waals surface area contributed by atoms with Crippen LogP contribution in [0.4, 0.5) is 4.79 Å². The van der Waals surface area contributed by atoms with Gasteiger partial charge in [-0.15, -0.1) is 0 Å². The summed E-state index contributed by atoms with van der Waals surface area (Å²) in [6.45, 7) is 3.20. The van der Waals surface area contributed by atoms with E-state index in [-0.39, 0.29) is 6.61 Å². The second-order valence-corrected chi connectivity index (χ2v) is 3.78. The van der Waals surface area contributed by atoms with E-state index in [2.05, 4.69) is 6.08 Å². The van der Waals surface area contributed by atoms with E-state index >= 15 is 0 Å². The van der Waals surface area contributed by atoms with Gasteiger partial charge in [-0.1, -0.05) is 11.6 Å². The van der Waals surface area contributed by atoms with Crippen LogP contribution in [0, 0.1) is 5.92 Å². The van der Waals surface area contributed by atoms with Gasteiger partial charge in [0.05, 0.1) is 6.61 Å². The zero-order valence-corrected chi connectivity index (χ0v) is 8.44. The predicted molar refractivity (Wildman–Crippen MR) is 53.2 cm³/mol. The number of carboxylic acid groups (broad SMARTS) is 1. The van der Waals surface area contributed by atoms with E-state index in [9.17, 15) is 4.79 Å². The fraction of sp³-hybridized carbons (Fsp3) is 0.700. The van der Waals surface area contributed by atoms with E-state index in [4.69, 9.17) is 10.2 Å². The lowest BCUT2D eigenvalue weighted by Crippen LogP contribution is -2.37. The van der Waals surface area contributed by atoms with Crippen LogP contribution in [0.5, 0.6) is 0 Å². The third kappa shape index (κ3) is 3.03. The minimum atomic E-state index is -0.827.